The van der Waals surface area contributed by atoms with E-state index in [0.29, 0.717) is 10.9 Å². The van der Waals surface area contributed by atoms with Crippen LogP contribution in [0.4, 0.5) is 0 Å². The van der Waals surface area contributed by atoms with Crippen LogP contribution in [0.25, 0.3) is 0 Å². The van der Waals surface area contributed by atoms with Crippen LogP contribution in [0.2, 0.25) is 5.02 Å². The molecule has 2 N–H and O–H groups in total. The summed E-state index contributed by atoms with van der Waals surface area (Å²) < 4.78 is 5.67. The van der Waals surface area contributed by atoms with E-state index < -0.39 is 0 Å². The lowest BCUT2D eigenvalue weighted by Crippen LogP contribution is -2.24. The van der Waals surface area contributed by atoms with Gasteiger partial charge in [-0.1, -0.05) is 23.7 Å². The van der Waals surface area contributed by atoms with Crippen molar-refractivity contribution in [1.29, 1.82) is 0 Å². The Kier molecular flexibility index (Phi) is 3.17. The molecule has 0 saturated heterocycles. The van der Waals surface area contributed by atoms with Crippen LogP contribution in [0.1, 0.15) is 31.2 Å². The van der Waals surface area contributed by atoms with Crippen molar-refractivity contribution in [3.05, 3.63) is 28.8 Å². The molecular weight excluding hydrogens is 210 g/mol. The van der Waals surface area contributed by atoms with Crippen molar-refractivity contribution in [1.82, 2.24) is 0 Å². The lowest BCUT2D eigenvalue weighted by Gasteiger charge is -2.20. The number of rotatable bonds is 1. The zero-order valence-electron chi connectivity index (χ0n) is 8.87. The Morgan fingerprint density at radius 3 is 3.07 bits per heavy atom. The second kappa shape index (κ2) is 4.42. The van der Waals surface area contributed by atoms with Crippen LogP contribution >= 0.6 is 11.6 Å². The minimum absolute atomic E-state index is 0.143. The SMILES string of the molecule is CC(N)C1CCCOc2c(Cl)cccc21. The Morgan fingerprint density at radius 2 is 2.33 bits per heavy atom. The fraction of sp³-hybridized carbons (Fsp3) is 0.500. The molecule has 1 aliphatic heterocycles. The number of nitrogens with two attached hydrogens (primary N) is 1. The van der Waals surface area contributed by atoms with Gasteiger partial charge in [0.05, 0.1) is 11.6 Å². The quantitative estimate of drug-likeness (QED) is 0.798. The molecule has 2 atom stereocenters. The molecule has 0 amide bonds. The van der Waals surface area contributed by atoms with Crippen molar-refractivity contribution in [2.45, 2.75) is 31.7 Å². The van der Waals surface area contributed by atoms with Gasteiger partial charge >= 0.3 is 0 Å². The molecule has 0 bridgehead atoms. The molecule has 3 heteroatoms. The molecule has 1 aromatic rings. The second-order valence-corrected chi connectivity index (χ2v) is 4.52. The van der Waals surface area contributed by atoms with Gasteiger partial charge in [-0.05, 0) is 25.8 Å². The predicted octanol–water partition coefficient (Wildman–Crippen LogP) is 2.94. The summed E-state index contributed by atoms with van der Waals surface area (Å²) in [6, 6.07) is 6.04. The van der Waals surface area contributed by atoms with E-state index in [1.165, 1.54) is 0 Å². The lowest BCUT2D eigenvalue weighted by molar-refractivity contribution is 0.315. The van der Waals surface area contributed by atoms with Crippen LogP contribution in [0.5, 0.6) is 5.75 Å². The third-order valence-electron chi connectivity index (χ3n) is 2.94. The zero-order valence-corrected chi connectivity index (χ0v) is 9.63. The summed E-state index contributed by atoms with van der Waals surface area (Å²) in [7, 11) is 0. The maximum atomic E-state index is 6.12. The summed E-state index contributed by atoms with van der Waals surface area (Å²) in [4.78, 5) is 0. The van der Waals surface area contributed by atoms with Crippen molar-refractivity contribution < 1.29 is 4.74 Å². The van der Waals surface area contributed by atoms with Crippen LogP contribution in [-0.4, -0.2) is 12.6 Å². The molecule has 2 rings (SSSR count). The third-order valence-corrected chi connectivity index (χ3v) is 3.24. The molecule has 2 unspecified atom stereocenters. The summed E-state index contributed by atoms with van der Waals surface area (Å²) in [6.07, 6.45) is 2.11. The van der Waals surface area contributed by atoms with Gasteiger partial charge in [0, 0.05) is 17.5 Å². The van der Waals surface area contributed by atoms with E-state index >= 15 is 0 Å². The first-order valence-electron chi connectivity index (χ1n) is 5.37. The van der Waals surface area contributed by atoms with Crippen LogP contribution in [0.15, 0.2) is 18.2 Å². The number of halogens is 1. The fourth-order valence-corrected chi connectivity index (χ4v) is 2.39. The second-order valence-electron chi connectivity index (χ2n) is 4.11. The Labute approximate surface area is 95.4 Å². The number of ether oxygens (including phenoxy) is 1. The largest absolute Gasteiger partial charge is 0.492 e. The van der Waals surface area contributed by atoms with Crippen molar-refractivity contribution in [3.63, 3.8) is 0 Å². The van der Waals surface area contributed by atoms with E-state index in [1.54, 1.807) is 0 Å². The smallest absolute Gasteiger partial charge is 0.141 e. The monoisotopic (exact) mass is 225 g/mol. The highest BCUT2D eigenvalue weighted by atomic mass is 35.5. The third kappa shape index (κ3) is 2.11. The Bertz CT molecular complexity index is 351. The van der Waals surface area contributed by atoms with Crippen molar-refractivity contribution in [2.75, 3.05) is 6.61 Å². The molecule has 1 aromatic carbocycles. The van der Waals surface area contributed by atoms with Gasteiger partial charge in [0.25, 0.3) is 0 Å². The molecule has 0 fully saturated rings. The number of fused-ring (bicyclic) bond motifs is 1. The number of hydrogen-bond donors (Lipinski definition) is 1. The normalized spacial score (nSPS) is 22.5. The van der Waals surface area contributed by atoms with Gasteiger partial charge in [0.15, 0.2) is 0 Å². The Hall–Kier alpha value is -0.730. The molecule has 82 valence electrons. The molecule has 0 spiro atoms. The van der Waals surface area contributed by atoms with Gasteiger partial charge in [0.2, 0.25) is 0 Å². The summed E-state index contributed by atoms with van der Waals surface area (Å²) >= 11 is 6.12. The first-order valence-corrected chi connectivity index (χ1v) is 5.74. The Morgan fingerprint density at radius 1 is 1.53 bits per heavy atom. The number of para-hydroxylation sites is 1. The summed E-state index contributed by atoms with van der Waals surface area (Å²) in [6.45, 7) is 2.78. The number of benzene rings is 1. The average molecular weight is 226 g/mol. The van der Waals surface area contributed by atoms with E-state index in [4.69, 9.17) is 22.1 Å². The summed E-state index contributed by atoms with van der Waals surface area (Å²) in [5, 5.41) is 0.694. The lowest BCUT2D eigenvalue weighted by atomic mass is 9.89. The summed E-state index contributed by atoms with van der Waals surface area (Å²) in [5.41, 5.74) is 7.16. The van der Waals surface area contributed by atoms with Gasteiger partial charge in [-0.2, -0.15) is 0 Å². The molecule has 1 heterocycles. The maximum absolute atomic E-state index is 6.12. The van der Waals surface area contributed by atoms with Crippen molar-refractivity contribution >= 4 is 11.6 Å². The highest BCUT2D eigenvalue weighted by Gasteiger charge is 2.24. The molecule has 2 nitrogen and oxygen atoms in total. The van der Waals surface area contributed by atoms with Crippen LogP contribution in [-0.2, 0) is 0 Å². The van der Waals surface area contributed by atoms with Crippen molar-refractivity contribution in [2.24, 2.45) is 5.73 Å². The minimum Gasteiger partial charge on any atom is -0.492 e. The molecule has 0 aliphatic carbocycles. The van der Waals surface area contributed by atoms with E-state index in [2.05, 4.69) is 6.07 Å². The van der Waals surface area contributed by atoms with E-state index in [0.717, 1.165) is 30.8 Å². The number of hydrogen-bond acceptors (Lipinski definition) is 2. The average Bonchev–Trinajstić information content (AvgIpc) is 2.40. The van der Waals surface area contributed by atoms with Gasteiger partial charge in [-0.3, -0.25) is 0 Å². The van der Waals surface area contributed by atoms with Crippen molar-refractivity contribution in [3.8, 4) is 5.75 Å². The molecule has 0 aromatic heterocycles. The fourth-order valence-electron chi connectivity index (χ4n) is 2.15. The van der Waals surface area contributed by atoms with E-state index in [-0.39, 0.29) is 6.04 Å². The van der Waals surface area contributed by atoms with E-state index in [9.17, 15) is 0 Å². The molecule has 1 aliphatic rings. The Balaban J connectivity index is 2.45. The standard InChI is InChI=1S/C12H16ClNO/c1-8(14)9-5-3-7-15-12-10(9)4-2-6-11(12)13/h2,4,6,8-9H,3,5,7,14H2,1H3. The first-order chi connectivity index (χ1) is 7.20. The topological polar surface area (TPSA) is 35.2 Å². The van der Waals surface area contributed by atoms with Gasteiger partial charge in [-0.15, -0.1) is 0 Å². The summed E-state index contributed by atoms with van der Waals surface area (Å²) in [5.74, 6) is 1.19. The zero-order chi connectivity index (χ0) is 10.8. The van der Waals surface area contributed by atoms with Gasteiger partial charge in [-0.25, -0.2) is 0 Å². The van der Waals surface area contributed by atoms with Crippen LogP contribution in [0, 0.1) is 0 Å². The van der Waals surface area contributed by atoms with Gasteiger partial charge in [0.1, 0.15) is 5.75 Å². The van der Waals surface area contributed by atoms with E-state index in [1.807, 2.05) is 19.1 Å². The first kappa shape index (κ1) is 10.8. The maximum Gasteiger partial charge on any atom is 0.141 e. The minimum atomic E-state index is 0.143. The highest BCUT2D eigenvalue weighted by Crippen LogP contribution is 2.38. The van der Waals surface area contributed by atoms with Crippen LogP contribution in [0.3, 0.4) is 0 Å². The predicted molar refractivity (Wildman–Crippen MR) is 62.6 cm³/mol. The molecular formula is C12H16ClNO. The van der Waals surface area contributed by atoms with Gasteiger partial charge < -0.3 is 10.5 Å². The van der Waals surface area contributed by atoms with Crippen LogP contribution < -0.4 is 10.5 Å². The highest BCUT2D eigenvalue weighted by molar-refractivity contribution is 6.32. The molecule has 0 saturated carbocycles. The molecule has 15 heavy (non-hydrogen) atoms. The molecule has 0 radical (unpaired) electrons.